The van der Waals surface area contributed by atoms with Crippen LogP contribution in [0, 0.1) is 17.2 Å². The maximum absolute atomic E-state index is 14.7. The van der Waals surface area contributed by atoms with Crippen molar-refractivity contribution in [1.29, 1.82) is 0 Å². The fourth-order valence-corrected chi connectivity index (χ4v) is 6.39. The summed E-state index contributed by atoms with van der Waals surface area (Å²) >= 11 is 0. The summed E-state index contributed by atoms with van der Waals surface area (Å²) in [7, 11) is 0. The molecule has 2 aliphatic heterocycles. The molecule has 0 bridgehead atoms. The number of alkyl halides is 3. The van der Waals surface area contributed by atoms with Gasteiger partial charge in [-0.15, -0.1) is 0 Å². The molecule has 8 heteroatoms. The second kappa shape index (κ2) is 8.50. The van der Waals surface area contributed by atoms with E-state index >= 15 is 0 Å². The van der Waals surface area contributed by atoms with E-state index in [1.807, 2.05) is 20.8 Å². The molecule has 4 nitrogen and oxygen atoms in total. The average molecular weight is 508 g/mol. The predicted molar refractivity (Wildman–Crippen MR) is 126 cm³/mol. The summed E-state index contributed by atoms with van der Waals surface area (Å²) in [5.41, 5.74) is 2.13. The highest BCUT2D eigenvalue weighted by molar-refractivity contribution is 5.55. The molecule has 1 N–H and O–H groups in total. The average Bonchev–Trinajstić information content (AvgIpc) is 3.09. The van der Waals surface area contributed by atoms with Crippen molar-refractivity contribution in [2.24, 2.45) is 11.3 Å². The second-order valence-corrected chi connectivity index (χ2v) is 11.7. The number of aliphatic hydroxyl groups is 1. The first-order valence-corrected chi connectivity index (χ1v) is 12.6. The first kappa shape index (κ1) is 25.6. The van der Waals surface area contributed by atoms with Crippen LogP contribution in [-0.2, 0) is 27.7 Å². The van der Waals surface area contributed by atoms with Crippen molar-refractivity contribution < 1.29 is 32.1 Å². The third-order valence-corrected chi connectivity index (χ3v) is 8.05. The van der Waals surface area contributed by atoms with Crippen molar-refractivity contribution in [2.45, 2.75) is 83.8 Å². The van der Waals surface area contributed by atoms with Gasteiger partial charge in [0.2, 0.25) is 0 Å². The van der Waals surface area contributed by atoms with Gasteiger partial charge in [-0.05, 0) is 47.4 Å². The van der Waals surface area contributed by atoms with Gasteiger partial charge in [-0.1, -0.05) is 40.7 Å². The van der Waals surface area contributed by atoms with Gasteiger partial charge in [0.25, 0.3) is 0 Å². The van der Waals surface area contributed by atoms with E-state index in [-0.39, 0.29) is 17.3 Å². The summed E-state index contributed by atoms with van der Waals surface area (Å²) in [6, 6.07) is 3.01. The molecule has 4 atom stereocenters. The minimum absolute atomic E-state index is 0.0121. The van der Waals surface area contributed by atoms with Gasteiger partial charge in [0.1, 0.15) is 17.5 Å². The van der Waals surface area contributed by atoms with Crippen LogP contribution in [-0.4, -0.2) is 23.3 Å². The Labute approximate surface area is 209 Å². The highest BCUT2D eigenvalue weighted by Crippen LogP contribution is 2.59. The van der Waals surface area contributed by atoms with E-state index in [1.54, 1.807) is 0 Å². The molecule has 0 radical (unpaired) electrons. The van der Waals surface area contributed by atoms with Gasteiger partial charge in [0, 0.05) is 41.5 Å². The number of aliphatic hydroxyl groups excluding tert-OH is 1. The van der Waals surface area contributed by atoms with Crippen LogP contribution in [0.15, 0.2) is 18.2 Å². The van der Waals surface area contributed by atoms with E-state index in [2.05, 4.69) is 13.8 Å². The number of hydrogen-bond acceptors (Lipinski definition) is 4. The maximum Gasteiger partial charge on any atom is 0.419 e. The Kier molecular flexibility index (Phi) is 6.05. The van der Waals surface area contributed by atoms with Crippen molar-refractivity contribution in [3.8, 4) is 0 Å². The van der Waals surface area contributed by atoms with E-state index in [4.69, 9.17) is 14.5 Å². The SMILES string of the molecule is CC(C)c1nc2c(c3c1[C@H](c1ccc(C(F)(F)F)c(F)c1)OC31CCOCC1C)[C@@H](O)CC(C)(C)C2. The minimum Gasteiger partial charge on any atom is -0.388 e. The molecule has 1 saturated heterocycles. The fraction of sp³-hybridized carbons (Fsp3) is 0.607. The molecule has 5 rings (SSSR count). The Morgan fingerprint density at radius 2 is 1.89 bits per heavy atom. The molecule has 2 unspecified atom stereocenters. The number of pyridine rings is 1. The van der Waals surface area contributed by atoms with E-state index in [0.29, 0.717) is 38.0 Å². The van der Waals surface area contributed by atoms with Crippen LogP contribution < -0.4 is 0 Å². The third-order valence-electron chi connectivity index (χ3n) is 8.05. The predicted octanol–water partition coefficient (Wildman–Crippen LogP) is 6.74. The third kappa shape index (κ3) is 3.96. The van der Waals surface area contributed by atoms with E-state index in [0.717, 1.165) is 40.2 Å². The standard InChI is InChI=1S/C28H33F4NO3/c1-14(2)24-22-23(21-19(33-24)11-26(4,5)12-20(21)34)27(8-9-35-13-15(27)3)36-25(22)16-6-7-17(18(29)10-16)28(30,31)32/h6-7,10,14-15,20,25,34H,8-9,11-13H2,1-5H3/t15?,20-,25-,27?/m0/s1. The summed E-state index contributed by atoms with van der Waals surface area (Å²) in [5, 5.41) is 11.4. The summed E-state index contributed by atoms with van der Waals surface area (Å²) in [5.74, 6) is -1.42. The number of fused-ring (bicyclic) bond motifs is 4. The zero-order valence-corrected chi connectivity index (χ0v) is 21.3. The Hall–Kier alpha value is -2.03. The van der Waals surface area contributed by atoms with Crippen molar-refractivity contribution in [3.63, 3.8) is 0 Å². The number of aromatic nitrogens is 1. The van der Waals surface area contributed by atoms with Gasteiger partial charge in [0.05, 0.1) is 18.3 Å². The van der Waals surface area contributed by atoms with Crippen LogP contribution in [0.3, 0.4) is 0 Å². The van der Waals surface area contributed by atoms with Gasteiger partial charge >= 0.3 is 6.18 Å². The van der Waals surface area contributed by atoms with E-state index in [1.165, 1.54) is 6.07 Å². The fourth-order valence-electron chi connectivity index (χ4n) is 6.39. The number of benzene rings is 1. The lowest BCUT2D eigenvalue weighted by Gasteiger charge is -2.43. The molecule has 0 saturated carbocycles. The molecular weight excluding hydrogens is 474 g/mol. The zero-order chi connectivity index (χ0) is 26.2. The Morgan fingerprint density at radius 3 is 2.50 bits per heavy atom. The highest BCUT2D eigenvalue weighted by atomic mass is 19.4. The number of hydrogen-bond donors (Lipinski definition) is 1. The summed E-state index contributed by atoms with van der Waals surface area (Å²) in [6.45, 7) is 11.2. The van der Waals surface area contributed by atoms with Crippen LogP contribution in [0.2, 0.25) is 0 Å². The summed E-state index contributed by atoms with van der Waals surface area (Å²) in [4.78, 5) is 5.04. The van der Waals surface area contributed by atoms with Crippen LogP contribution in [0.4, 0.5) is 17.6 Å². The van der Waals surface area contributed by atoms with E-state index in [9.17, 15) is 22.7 Å². The molecule has 1 aromatic heterocycles. The Balaban J connectivity index is 1.79. The first-order chi connectivity index (χ1) is 16.7. The van der Waals surface area contributed by atoms with Crippen molar-refractivity contribution in [1.82, 2.24) is 4.98 Å². The maximum atomic E-state index is 14.7. The van der Waals surface area contributed by atoms with Crippen molar-refractivity contribution >= 4 is 0 Å². The molecule has 196 valence electrons. The topological polar surface area (TPSA) is 51.6 Å². The molecule has 3 aliphatic rings. The molecule has 0 amide bonds. The van der Waals surface area contributed by atoms with Gasteiger partial charge < -0.3 is 14.6 Å². The lowest BCUT2D eigenvalue weighted by molar-refractivity contribution is -0.157. The normalized spacial score (nSPS) is 29.5. The zero-order valence-electron chi connectivity index (χ0n) is 21.3. The lowest BCUT2D eigenvalue weighted by atomic mass is 9.68. The van der Waals surface area contributed by atoms with Crippen LogP contribution in [0.5, 0.6) is 0 Å². The second-order valence-electron chi connectivity index (χ2n) is 11.7. The molecule has 36 heavy (non-hydrogen) atoms. The van der Waals surface area contributed by atoms with Gasteiger partial charge in [-0.2, -0.15) is 13.2 Å². The monoisotopic (exact) mass is 507 g/mol. The van der Waals surface area contributed by atoms with Gasteiger partial charge in [0.15, 0.2) is 0 Å². The van der Waals surface area contributed by atoms with E-state index < -0.39 is 35.4 Å². The minimum atomic E-state index is -4.78. The number of ether oxygens (including phenoxy) is 2. The molecule has 1 aromatic carbocycles. The largest absolute Gasteiger partial charge is 0.419 e. The first-order valence-electron chi connectivity index (χ1n) is 12.6. The molecule has 1 aliphatic carbocycles. The number of nitrogens with zero attached hydrogens (tertiary/aromatic N) is 1. The van der Waals surface area contributed by atoms with Crippen LogP contribution in [0.1, 0.15) is 105 Å². The summed E-state index contributed by atoms with van der Waals surface area (Å²) < 4.78 is 67.1. The quantitative estimate of drug-likeness (QED) is 0.458. The molecule has 1 fully saturated rings. The number of halogens is 4. The molecular formula is C28H33F4NO3. The smallest absolute Gasteiger partial charge is 0.388 e. The summed E-state index contributed by atoms with van der Waals surface area (Å²) in [6.07, 6.45) is -4.53. The van der Waals surface area contributed by atoms with Crippen molar-refractivity contribution in [3.05, 3.63) is 63.2 Å². The van der Waals surface area contributed by atoms with Crippen LogP contribution >= 0.6 is 0 Å². The van der Waals surface area contributed by atoms with Gasteiger partial charge in [-0.25, -0.2) is 4.39 Å². The number of rotatable bonds is 2. The van der Waals surface area contributed by atoms with Gasteiger partial charge in [-0.3, -0.25) is 4.98 Å². The Morgan fingerprint density at radius 1 is 1.17 bits per heavy atom. The molecule has 2 aromatic rings. The Bertz CT molecular complexity index is 1190. The van der Waals surface area contributed by atoms with Crippen LogP contribution in [0.25, 0.3) is 0 Å². The lowest BCUT2D eigenvalue weighted by Crippen LogP contribution is -2.43. The highest BCUT2D eigenvalue weighted by Gasteiger charge is 2.55. The molecule has 1 spiro atoms. The molecule has 3 heterocycles. The van der Waals surface area contributed by atoms with Crippen molar-refractivity contribution in [2.75, 3.05) is 13.2 Å².